The molecular weight excluding hydrogens is 1140 g/mol. The van der Waals surface area contributed by atoms with E-state index in [1.807, 2.05) is 11.8 Å². The first-order valence-corrected chi connectivity index (χ1v) is 28.3. The van der Waals surface area contributed by atoms with Crippen molar-refractivity contribution in [3.8, 4) is 0 Å². The first-order valence-electron chi connectivity index (χ1n) is 27.2. The molecule has 4 aliphatic rings. The highest BCUT2D eigenvalue weighted by molar-refractivity contribution is 8.00. The van der Waals surface area contributed by atoms with Crippen LogP contribution in [0.3, 0.4) is 0 Å². The fourth-order valence-corrected chi connectivity index (χ4v) is 11.7. The minimum atomic E-state index is -3.22. The van der Waals surface area contributed by atoms with Gasteiger partial charge in [0.2, 0.25) is 23.6 Å². The number of nitrogens with one attached hydrogen (secondary N) is 6. The number of aliphatic hydroxyl groups is 3. The van der Waals surface area contributed by atoms with Crippen LogP contribution in [0.25, 0.3) is 0 Å². The van der Waals surface area contributed by atoms with Crippen LogP contribution >= 0.6 is 11.8 Å². The van der Waals surface area contributed by atoms with Crippen molar-refractivity contribution in [3.63, 3.8) is 0 Å². The molecule has 480 valence electrons. The number of thioether (sulfide) groups is 1. The lowest BCUT2D eigenvalue weighted by molar-refractivity contribution is -0.346. The van der Waals surface area contributed by atoms with Crippen LogP contribution in [0.4, 0.5) is 4.79 Å². The van der Waals surface area contributed by atoms with Gasteiger partial charge in [0.15, 0.2) is 6.10 Å². The summed E-state index contributed by atoms with van der Waals surface area (Å²) in [7, 11) is 0. The number of carboxylic acid groups (broad SMARTS) is 2. The average Bonchev–Trinajstić information content (AvgIpc) is 2.34. The molecule has 30 nitrogen and oxygen atoms in total. The number of carbonyl (C=O) groups excluding carboxylic acids is 9. The van der Waals surface area contributed by atoms with Crippen LogP contribution in [-0.4, -0.2) is 219 Å². The van der Waals surface area contributed by atoms with Gasteiger partial charge >= 0.3 is 41.8 Å². The fraction of sp³-hybridized carbons (Fsp3) is 0.792. The Morgan fingerprint density at radius 3 is 1.71 bits per heavy atom. The van der Waals surface area contributed by atoms with Gasteiger partial charge in [0.05, 0.1) is 50.2 Å². The molecule has 0 unspecified atom stereocenters. The number of ether oxygens (including phenoxy) is 8. The van der Waals surface area contributed by atoms with Crippen LogP contribution in [-0.2, 0) is 85.8 Å². The number of carboxylic acids is 2. The van der Waals surface area contributed by atoms with Crippen molar-refractivity contribution in [2.75, 3.05) is 38.7 Å². The van der Waals surface area contributed by atoms with Crippen LogP contribution in [0.2, 0.25) is 0 Å². The second-order valence-electron chi connectivity index (χ2n) is 20.5. The van der Waals surface area contributed by atoms with Crippen LogP contribution < -0.4 is 31.9 Å². The minimum absolute atomic E-state index is 0. The van der Waals surface area contributed by atoms with E-state index in [9.17, 15) is 78.3 Å². The maximum atomic E-state index is 13.5. The maximum Gasteiger partial charge on any atom is 0.364 e. The van der Waals surface area contributed by atoms with Crippen LogP contribution in [0.5, 0.6) is 0 Å². The third-order valence-corrected chi connectivity index (χ3v) is 15.3. The predicted molar refractivity (Wildman–Crippen MR) is 294 cm³/mol. The zero-order chi connectivity index (χ0) is 60.9. The van der Waals surface area contributed by atoms with Gasteiger partial charge < -0.3 is 95.3 Å². The molecule has 0 aromatic rings. The van der Waals surface area contributed by atoms with Gasteiger partial charge in [-0.1, -0.05) is 27.7 Å². The Labute approximate surface area is 492 Å². The van der Waals surface area contributed by atoms with E-state index >= 15 is 0 Å². The molecule has 4 rings (SSSR count). The molecule has 4 saturated heterocycles. The standard InChI is InChI=1S/C51H80N6O24S.2CH4/c1-26(59)54-41-34(76-29(4)62)21-50(47(69)70,75-20-14-8-13-19-53-38(66)16-9-7-12-18-52-39(67)17-11-10-15-37-40-32(25-82-37)56-49(73)57-40)80-45(41)43(68)36(23-58)79-51(48(71)72)22-35(77-30(5)63)42(55-27(2)60)46(81-51)44(78-31(6)64)33(65)24-74-28(3)61;;/h32-37,40-46,58,65,68H,7-25H2,1-6H3,(H,52,67)(H,53,66)(H,54,59)(H,55,60)(H,69,70)(H,71,72)(H2,56,57,73);2*1H4/t32-,33+,34-,35-,36+,37-,40-,41+,42+,43+,44+,45+,46+,50+,51+;;/m0../s1. The molecule has 0 aromatic carbocycles. The van der Waals surface area contributed by atoms with E-state index in [-0.39, 0.29) is 70.8 Å². The quantitative estimate of drug-likeness (QED) is 0.0169. The Morgan fingerprint density at radius 1 is 0.679 bits per heavy atom. The summed E-state index contributed by atoms with van der Waals surface area (Å²) in [5.41, 5.74) is 0. The topological polar surface area (TPSA) is 435 Å². The van der Waals surface area contributed by atoms with E-state index in [0.29, 0.717) is 50.3 Å². The van der Waals surface area contributed by atoms with Crippen molar-refractivity contribution in [2.24, 2.45) is 0 Å². The number of carbonyl (C=O) groups is 11. The first-order chi connectivity index (χ1) is 38.7. The zero-order valence-electron chi connectivity index (χ0n) is 46.8. The minimum Gasteiger partial charge on any atom is -0.477 e. The molecule has 11 N–H and O–H groups in total. The average molecular weight is 1230 g/mol. The van der Waals surface area contributed by atoms with Gasteiger partial charge in [-0.25, -0.2) is 14.4 Å². The molecule has 0 bridgehead atoms. The molecule has 4 heterocycles. The molecule has 4 fully saturated rings. The molecule has 31 heteroatoms. The number of esters is 4. The summed E-state index contributed by atoms with van der Waals surface area (Å²) in [5, 5.41) is 72.6. The second kappa shape index (κ2) is 35.5. The van der Waals surface area contributed by atoms with E-state index in [4.69, 9.17) is 37.9 Å². The highest BCUT2D eigenvalue weighted by Crippen LogP contribution is 2.40. The smallest absolute Gasteiger partial charge is 0.364 e. The lowest BCUT2D eigenvalue weighted by Gasteiger charge is -2.50. The van der Waals surface area contributed by atoms with Crippen molar-refractivity contribution in [2.45, 2.75) is 230 Å². The number of rotatable bonds is 34. The molecule has 0 aliphatic carbocycles. The zero-order valence-corrected chi connectivity index (χ0v) is 47.7. The van der Waals surface area contributed by atoms with Crippen LogP contribution in [0, 0.1) is 0 Å². The first kappa shape index (κ1) is 74.1. The molecule has 0 spiro atoms. The van der Waals surface area contributed by atoms with E-state index in [1.54, 1.807) is 0 Å². The molecule has 4 aliphatic heterocycles. The largest absolute Gasteiger partial charge is 0.477 e. The van der Waals surface area contributed by atoms with Gasteiger partial charge in [-0.3, -0.25) is 38.4 Å². The molecule has 0 aromatic heterocycles. The van der Waals surface area contributed by atoms with Gasteiger partial charge in [0.25, 0.3) is 11.6 Å². The number of fused-ring (bicyclic) bond motifs is 1. The van der Waals surface area contributed by atoms with E-state index in [0.717, 1.165) is 66.6 Å². The summed E-state index contributed by atoms with van der Waals surface area (Å²) in [6.07, 6.45) is -12.1. The van der Waals surface area contributed by atoms with Gasteiger partial charge in [0, 0.05) is 78.5 Å². The molecule has 84 heavy (non-hydrogen) atoms. The summed E-state index contributed by atoms with van der Waals surface area (Å²) < 4.78 is 44.8. The van der Waals surface area contributed by atoms with Crippen molar-refractivity contribution in [1.82, 2.24) is 31.9 Å². The Balaban J connectivity index is 0.0000120. The normalized spacial score (nSPS) is 27.3. The molecular formula is C53H88N6O24S. The second-order valence-corrected chi connectivity index (χ2v) is 21.8. The number of hydrogen-bond donors (Lipinski definition) is 11. The molecule has 0 radical (unpaired) electrons. The monoisotopic (exact) mass is 1220 g/mol. The van der Waals surface area contributed by atoms with Gasteiger partial charge in [0.1, 0.15) is 49.3 Å². The number of hydrogen-bond acceptors (Lipinski definition) is 23. The number of aliphatic hydroxyl groups excluding tert-OH is 3. The number of aliphatic carboxylic acids is 2. The van der Waals surface area contributed by atoms with Crippen molar-refractivity contribution >= 4 is 77.2 Å². The van der Waals surface area contributed by atoms with Gasteiger partial charge in [-0.05, 0) is 44.9 Å². The lowest BCUT2D eigenvalue weighted by atomic mass is 9.87. The summed E-state index contributed by atoms with van der Waals surface area (Å²) in [6, 6.07) is -3.16. The number of unbranched alkanes of at least 4 members (excludes halogenated alkanes) is 5. The van der Waals surface area contributed by atoms with E-state index < -0.39 is 146 Å². The maximum absolute atomic E-state index is 13.5. The van der Waals surface area contributed by atoms with Crippen LogP contribution in [0.15, 0.2) is 0 Å². The predicted octanol–water partition coefficient (Wildman–Crippen LogP) is -0.429. The van der Waals surface area contributed by atoms with Crippen molar-refractivity contribution in [1.29, 1.82) is 0 Å². The van der Waals surface area contributed by atoms with Crippen molar-refractivity contribution in [3.05, 3.63) is 0 Å². The van der Waals surface area contributed by atoms with E-state index in [1.165, 1.54) is 0 Å². The Bertz CT molecular complexity index is 2250. The summed E-state index contributed by atoms with van der Waals surface area (Å²) in [6.45, 7) is 3.95. The van der Waals surface area contributed by atoms with Gasteiger partial charge in [-0.15, -0.1) is 0 Å². The van der Waals surface area contributed by atoms with Gasteiger partial charge in [-0.2, -0.15) is 11.8 Å². The third kappa shape index (κ3) is 22.5. The Hall–Kier alpha value is -5.96. The SMILES string of the molecule is C.C.CC(=O)N[C@H]1[C@H]([C@H](OC(C)=O)[C@H](O)COC(C)=O)O[C@@](O[C@H](CO)[C@@H](O)[C@@H]2O[C@@](OCCCCCNC(=O)CCCCCNC(=O)CCCC[C@@H]3SC[C@@H]4NC(=O)N[C@@H]43)(C(=O)O)C[C@H](OC(C)=O)[C@H]2NC(C)=O)(C(=O)O)C[C@@H]1OC(C)=O. The van der Waals surface area contributed by atoms with Crippen molar-refractivity contribution < 1.29 is 116 Å². The molecule has 0 saturated carbocycles. The summed E-state index contributed by atoms with van der Waals surface area (Å²) in [4.78, 5) is 138. The molecule has 15 atom stereocenters. The third-order valence-electron chi connectivity index (χ3n) is 13.8. The highest BCUT2D eigenvalue weighted by Gasteiger charge is 2.62. The summed E-state index contributed by atoms with van der Waals surface area (Å²) >= 11 is 1.84. The fourth-order valence-electron chi connectivity index (χ4n) is 10.1. The lowest BCUT2D eigenvalue weighted by Crippen LogP contribution is -2.71. The summed E-state index contributed by atoms with van der Waals surface area (Å²) in [5.74, 6) is -14.9. The van der Waals surface area contributed by atoms with E-state index in [2.05, 4.69) is 31.9 Å². The van der Waals surface area contributed by atoms with Crippen LogP contribution in [0.1, 0.15) is 140 Å². The Morgan fingerprint density at radius 2 is 1.20 bits per heavy atom. The number of amides is 6. The number of urea groups is 1. The Kier molecular flexibility index (Phi) is 31.3. The molecule has 6 amide bonds. The highest BCUT2D eigenvalue weighted by atomic mass is 32.2.